The fourth-order valence-corrected chi connectivity index (χ4v) is 0.829. The molecular formula is C10H19NO2. The molecule has 0 radical (unpaired) electrons. The van der Waals surface area contributed by atoms with E-state index in [0.717, 1.165) is 13.0 Å². The van der Waals surface area contributed by atoms with Gasteiger partial charge in [0.25, 0.3) is 0 Å². The van der Waals surface area contributed by atoms with Crippen molar-refractivity contribution < 1.29 is 9.90 Å². The van der Waals surface area contributed by atoms with E-state index in [1.54, 1.807) is 13.8 Å². The first-order valence-electron chi connectivity index (χ1n) is 4.56. The van der Waals surface area contributed by atoms with Crippen LogP contribution in [0, 0.1) is 5.41 Å². The molecule has 0 amide bonds. The summed E-state index contributed by atoms with van der Waals surface area (Å²) < 4.78 is 0. The maximum absolute atomic E-state index is 10.7. The van der Waals surface area contributed by atoms with Crippen LogP contribution in [0.4, 0.5) is 0 Å². The van der Waals surface area contributed by atoms with E-state index in [0.29, 0.717) is 6.54 Å². The fraction of sp³-hybridized carbons (Fsp3) is 0.700. The third kappa shape index (κ3) is 5.42. The molecule has 0 rings (SSSR count). The molecule has 0 aromatic rings. The number of rotatable bonds is 6. The number of aliphatic carboxylic acids is 1. The molecule has 0 heterocycles. The Bertz CT molecular complexity index is 185. The zero-order chi connectivity index (χ0) is 10.3. The molecule has 3 nitrogen and oxygen atoms in total. The third-order valence-electron chi connectivity index (χ3n) is 1.87. The van der Waals surface area contributed by atoms with Gasteiger partial charge in [-0.2, -0.15) is 0 Å². The van der Waals surface area contributed by atoms with E-state index < -0.39 is 11.4 Å². The Morgan fingerprint density at radius 1 is 1.54 bits per heavy atom. The minimum absolute atomic E-state index is 0.514. The lowest BCUT2D eigenvalue weighted by Gasteiger charge is -2.19. The van der Waals surface area contributed by atoms with Crippen LogP contribution in [-0.2, 0) is 4.79 Å². The Morgan fingerprint density at radius 3 is 2.62 bits per heavy atom. The van der Waals surface area contributed by atoms with E-state index in [4.69, 9.17) is 5.11 Å². The molecule has 0 aliphatic rings. The van der Waals surface area contributed by atoms with Crippen LogP contribution in [0.2, 0.25) is 0 Å². The molecule has 0 bridgehead atoms. The van der Waals surface area contributed by atoms with E-state index >= 15 is 0 Å². The van der Waals surface area contributed by atoms with Crippen molar-refractivity contribution in [3.05, 3.63) is 12.2 Å². The van der Waals surface area contributed by atoms with Gasteiger partial charge in [-0.15, -0.1) is 0 Å². The molecule has 0 saturated carbocycles. The molecule has 0 aliphatic heterocycles. The first-order valence-corrected chi connectivity index (χ1v) is 4.56. The van der Waals surface area contributed by atoms with Crippen LogP contribution >= 0.6 is 0 Å². The quantitative estimate of drug-likeness (QED) is 0.488. The molecule has 0 spiro atoms. The van der Waals surface area contributed by atoms with Gasteiger partial charge in [0, 0.05) is 6.54 Å². The lowest BCUT2D eigenvalue weighted by molar-refractivity contribution is -0.146. The first kappa shape index (κ1) is 12.2. The van der Waals surface area contributed by atoms with Gasteiger partial charge in [-0.25, -0.2) is 0 Å². The number of carboxylic acids is 1. The van der Waals surface area contributed by atoms with Crippen molar-refractivity contribution in [3.8, 4) is 0 Å². The summed E-state index contributed by atoms with van der Waals surface area (Å²) in [6.45, 7) is 6.76. The maximum atomic E-state index is 10.7. The number of carbonyl (C=O) groups is 1. The van der Waals surface area contributed by atoms with Crippen molar-refractivity contribution in [2.24, 2.45) is 5.41 Å². The highest BCUT2D eigenvalue weighted by Crippen LogP contribution is 2.12. The molecule has 0 saturated heterocycles. The van der Waals surface area contributed by atoms with Gasteiger partial charge < -0.3 is 10.4 Å². The summed E-state index contributed by atoms with van der Waals surface area (Å²) in [4.78, 5) is 10.7. The summed E-state index contributed by atoms with van der Waals surface area (Å²) in [5.74, 6) is -0.758. The van der Waals surface area contributed by atoms with Crippen LogP contribution in [0.25, 0.3) is 0 Å². The van der Waals surface area contributed by atoms with Crippen molar-refractivity contribution in [2.45, 2.75) is 27.2 Å². The second-order valence-corrected chi connectivity index (χ2v) is 3.72. The van der Waals surface area contributed by atoms with E-state index in [2.05, 4.69) is 11.4 Å². The molecule has 0 aliphatic carbocycles. The average molecular weight is 185 g/mol. The Balaban J connectivity index is 3.58. The van der Waals surface area contributed by atoms with E-state index in [9.17, 15) is 4.79 Å². The predicted octanol–water partition coefficient (Wildman–Crippen LogP) is 1.65. The van der Waals surface area contributed by atoms with E-state index in [-0.39, 0.29) is 0 Å². The highest BCUT2D eigenvalue weighted by molar-refractivity contribution is 5.73. The minimum Gasteiger partial charge on any atom is -0.481 e. The highest BCUT2D eigenvalue weighted by atomic mass is 16.4. The van der Waals surface area contributed by atoms with E-state index in [1.165, 1.54) is 0 Å². The number of hydrogen-bond acceptors (Lipinski definition) is 2. The smallest absolute Gasteiger partial charge is 0.310 e. The maximum Gasteiger partial charge on any atom is 0.310 e. The minimum atomic E-state index is -0.758. The number of carboxylic acid groups (broad SMARTS) is 1. The molecule has 0 unspecified atom stereocenters. The first-order chi connectivity index (χ1) is 6.00. The predicted molar refractivity (Wildman–Crippen MR) is 53.7 cm³/mol. The Kier molecular flexibility index (Phi) is 5.39. The van der Waals surface area contributed by atoms with Crippen LogP contribution in [0.15, 0.2) is 12.2 Å². The average Bonchev–Trinajstić information content (AvgIpc) is 2.03. The second kappa shape index (κ2) is 5.75. The zero-order valence-corrected chi connectivity index (χ0v) is 8.63. The molecule has 3 heteroatoms. The van der Waals surface area contributed by atoms with Gasteiger partial charge in [0.15, 0.2) is 0 Å². The number of nitrogens with one attached hydrogen (secondary N) is 1. The third-order valence-corrected chi connectivity index (χ3v) is 1.87. The van der Waals surface area contributed by atoms with Crippen molar-refractivity contribution in [2.75, 3.05) is 13.1 Å². The summed E-state index contributed by atoms with van der Waals surface area (Å²) >= 11 is 0. The molecule has 0 fully saturated rings. The molecule has 0 aromatic carbocycles. The monoisotopic (exact) mass is 185 g/mol. The highest BCUT2D eigenvalue weighted by Gasteiger charge is 2.25. The van der Waals surface area contributed by atoms with Crippen LogP contribution in [-0.4, -0.2) is 24.2 Å². The Hall–Kier alpha value is -0.830. The van der Waals surface area contributed by atoms with Gasteiger partial charge in [-0.1, -0.05) is 12.2 Å². The summed E-state index contributed by atoms with van der Waals surface area (Å²) in [6, 6.07) is 0. The van der Waals surface area contributed by atoms with Crippen molar-refractivity contribution in [1.82, 2.24) is 5.32 Å². The summed E-state index contributed by atoms with van der Waals surface area (Å²) in [6.07, 6.45) is 5.00. The molecule has 13 heavy (non-hydrogen) atoms. The second-order valence-electron chi connectivity index (χ2n) is 3.72. The van der Waals surface area contributed by atoms with Crippen LogP contribution in [0.1, 0.15) is 27.2 Å². The normalized spacial score (nSPS) is 12.2. The molecule has 0 aromatic heterocycles. The summed E-state index contributed by atoms with van der Waals surface area (Å²) in [5.41, 5.74) is -0.671. The van der Waals surface area contributed by atoms with Crippen molar-refractivity contribution in [3.63, 3.8) is 0 Å². The van der Waals surface area contributed by atoms with Gasteiger partial charge in [0.05, 0.1) is 5.41 Å². The van der Waals surface area contributed by atoms with Crippen LogP contribution in [0.3, 0.4) is 0 Å². The standard InChI is InChI=1S/C10H19NO2/c1-4-5-6-7-11-8-10(2,3)9(12)13/h4-5,11H,6-8H2,1-3H3,(H,12,13)/b5-4+. The largest absolute Gasteiger partial charge is 0.481 e. The van der Waals surface area contributed by atoms with Gasteiger partial charge >= 0.3 is 5.97 Å². The number of hydrogen-bond donors (Lipinski definition) is 2. The Morgan fingerprint density at radius 2 is 2.15 bits per heavy atom. The van der Waals surface area contributed by atoms with Crippen LogP contribution in [0.5, 0.6) is 0 Å². The van der Waals surface area contributed by atoms with Gasteiger partial charge in [0.1, 0.15) is 0 Å². The van der Waals surface area contributed by atoms with E-state index in [1.807, 2.05) is 13.0 Å². The molecule has 0 atom stereocenters. The van der Waals surface area contributed by atoms with Gasteiger partial charge in [-0.05, 0) is 33.7 Å². The Labute approximate surface area is 79.8 Å². The summed E-state index contributed by atoms with van der Waals surface area (Å²) in [5, 5.41) is 11.9. The fourth-order valence-electron chi connectivity index (χ4n) is 0.829. The number of allylic oxidation sites excluding steroid dienone is 1. The SMILES string of the molecule is C/C=C/CCNCC(C)(C)C(=O)O. The van der Waals surface area contributed by atoms with Crippen molar-refractivity contribution >= 4 is 5.97 Å². The summed E-state index contributed by atoms with van der Waals surface area (Å²) in [7, 11) is 0. The van der Waals surface area contributed by atoms with Gasteiger partial charge in [-0.3, -0.25) is 4.79 Å². The van der Waals surface area contributed by atoms with Crippen LogP contribution < -0.4 is 5.32 Å². The molecular weight excluding hydrogens is 166 g/mol. The van der Waals surface area contributed by atoms with Gasteiger partial charge in [0.2, 0.25) is 0 Å². The topological polar surface area (TPSA) is 49.3 Å². The molecule has 76 valence electrons. The lowest BCUT2D eigenvalue weighted by atomic mass is 9.94. The molecule has 2 N–H and O–H groups in total. The van der Waals surface area contributed by atoms with Crippen molar-refractivity contribution in [1.29, 1.82) is 0 Å². The lowest BCUT2D eigenvalue weighted by Crippen LogP contribution is -2.36. The zero-order valence-electron chi connectivity index (χ0n) is 8.63.